The first kappa shape index (κ1) is 20.3. The highest BCUT2D eigenvalue weighted by atomic mass is 35.5. The van der Waals surface area contributed by atoms with E-state index in [4.69, 9.17) is 16.3 Å². The maximum atomic E-state index is 12.0. The number of benzene rings is 2. The number of hydrogen-bond acceptors (Lipinski definition) is 4. The van der Waals surface area contributed by atoms with E-state index in [9.17, 15) is 9.59 Å². The first-order valence-corrected chi connectivity index (χ1v) is 9.74. The van der Waals surface area contributed by atoms with Gasteiger partial charge in [0.25, 0.3) is 0 Å². The van der Waals surface area contributed by atoms with Crippen LogP contribution in [0.3, 0.4) is 0 Å². The van der Waals surface area contributed by atoms with Gasteiger partial charge in [-0.05, 0) is 24.1 Å². The third kappa shape index (κ3) is 5.79. The van der Waals surface area contributed by atoms with Crippen molar-refractivity contribution >= 4 is 29.1 Å². The average molecular weight is 402 g/mol. The molecule has 0 aromatic heterocycles. The quantitative estimate of drug-likeness (QED) is 0.576. The molecular weight excluding hydrogens is 378 g/mol. The molecule has 2 N–H and O–H groups in total. The van der Waals surface area contributed by atoms with Gasteiger partial charge in [0.15, 0.2) is 0 Å². The molecule has 2 amide bonds. The minimum Gasteiger partial charge on any atom is -0.371 e. The van der Waals surface area contributed by atoms with E-state index in [0.29, 0.717) is 23.9 Å². The van der Waals surface area contributed by atoms with Gasteiger partial charge in [0, 0.05) is 26.2 Å². The van der Waals surface area contributed by atoms with Crippen molar-refractivity contribution in [3.05, 3.63) is 65.2 Å². The third-order valence-corrected chi connectivity index (χ3v) is 4.92. The lowest BCUT2D eigenvalue weighted by molar-refractivity contribution is -0.136. The van der Waals surface area contributed by atoms with E-state index in [-0.39, 0.29) is 6.10 Å². The van der Waals surface area contributed by atoms with Gasteiger partial charge in [0.05, 0.1) is 23.4 Å². The SMILES string of the molecule is O=C(NCCCN1CCOC(c2ccccc2)C1)C(=O)Nc1ccccc1Cl. The van der Waals surface area contributed by atoms with Gasteiger partial charge in [-0.25, -0.2) is 0 Å². The summed E-state index contributed by atoms with van der Waals surface area (Å²) in [6.45, 7) is 3.64. The first-order valence-electron chi connectivity index (χ1n) is 9.36. The number of morpholine rings is 1. The number of nitrogens with zero attached hydrogens (tertiary/aromatic N) is 1. The second kappa shape index (κ2) is 10.2. The number of rotatable bonds is 6. The Morgan fingerprint density at radius 3 is 2.61 bits per heavy atom. The summed E-state index contributed by atoms with van der Waals surface area (Å²) in [5, 5.41) is 5.56. The van der Waals surface area contributed by atoms with E-state index in [1.54, 1.807) is 24.3 Å². The molecule has 1 saturated heterocycles. The van der Waals surface area contributed by atoms with Crippen molar-refractivity contribution in [1.29, 1.82) is 0 Å². The van der Waals surface area contributed by atoms with Crippen LogP contribution in [0.2, 0.25) is 5.02 Å². The van der Waals surface area contributed by atoms with Gasteiger partial charge >= 0.3 is 11.8 Å². The number of carbonyl (C=O) groups is 2. The maximum Gasteiger partial charge on any atom is 0.313 e. The predicted octanol–water partition coefficient (Wildman–Crippen LogP) is 2.86. The number of amides is 2. The average Bonchev–Trinajstić information content (AvgIpc) is 2.73. The van der Waals surface area contributed by atoms with Crippen LogP contribution in [0.25, 0.3) is 0 Å². The Hall–Kier alpha value is -2.41. The van der Waals surface area contributed by atoms with Crippen molar-refractivity contribution in [1.82, 2.24) is 10.2 Å². The highest BCUT2D eigenvalue weighted by molar-refractivity contribution is 6.41. The van der Waals surface area contributed by atoms with Crippen LogP contribution < -0.4 is 10.6 Å². The summed E-state index contributed by atoms with van der Waals surface area (Å²) in [7, 11) is 0. The Morgan fingerprint density at radius 1 is 1.07 bits per heavy atom. The molecule has 0 saturated carbocycles. The van der Waals surface area contributed by atoms with E-state index in [0.717, 1.165) is 26.1 Å². The number of nitrogens with one attached hydrogen (secondary N) is 2. The van der Waals surface area contributed by atoms with Crippen LogP contribution in [0.1, 0.15) is 18.1 Å². The van der Waals surface area contributed by atoms with Crippen molar-refractivity contribution in [2.75, 3.05) is 38.1 Å². The van der Waals surface area contributed by atoms with Crippen molar-refractivity contribution < 1.29 is 14.3 Å². The number of carbonyl (C=O) groups excluding carboxylic acids is 2. The summed E-state index contributed by atoms with van der Waals surface area (Å²) >= 11 is 5.98. The van der Waals surface area contributed by atoms with Gasteiger partial charge < -0.3 is 15.4 Å². The Balaban J connectivity index is 1.37. The molecule has 3 rings (SSSR count). The molecule has 0 spiro atoms. The summed E-state index contributed by atoms with van der Waals surface area (Å²) < 4.78 is 5.86. The molecule has 1 atom stereocenters. The van der Waals surface area contributed by atoms with Gasteiger partial charge in [-0.1, -0.05) is 54.1 Å². The van der Waals surface area contributed by atoms with Crippen LogP contribution in [0, 0.1) is 0 Å². The second-order valence-corrected chi connectivity index (χ2v) is 7.02. The van der Waals surface area contributed by atoms with Crippen LogP contribution in [0.4, 0.5) is 5.69 Å². The van der Waals surface area contributed by atoms with E-state index in [1.165, 1.54) is 5.56 Å². The molecule has 28 heavy (non-hydrogen) atoms. The van der Waals surface area contributed by atoms with Crippen LogP contribution in [-0.4, -0.2) is 49.5 Å². The van der Waals surface area contributed by atoms with Gasteiger partial charge in [-0.15, -0.1) is 0 Å². The lowest BCUT2D eigenvalue weighted by atomic mass is 10.1. The Morgan fingerprint density at radius 2 is 1.82 bits per heavy atom. The highest BCUT2D eigenvalue weighted by Gasteiger charge is 2.21. The molecule has 0 aliphatic carbocycles. The number of halogens is 1. The van der Waals surface area contributed by atoms with Crippen molar-refractivity contribution in [3.8, 4) is 0 Å². The normalized spacial score (nSPS) is 17.1. The molecule has 1 aliphatic heterocycles. The standard InChI is InChI=1S/C21H24ClN3O3/c22-17-9-4-5-10-18(17)24-21(27)20(26)23-11-6-12-25-13-14-28-19(15-25)16-7-2-1-3-8-16/h1-5,7-10,19H,6,11-15H2,(H,23,26)(H,24,27). The molecule has 1 unspecified atom stereocenters. The first-order chi connectivity index (χ1) is 13.6. The molecule has 0 radical (unpaired) electrons. The molecule has 1 aliphatic rings. The fourth-order valence-electron chi connectivity index (χ4n) is 3.10. The fraction of sp³-hybridized carbons (Fsp3) is 0.333. The Labute approximate surface area is 169 Å². The fourth-order valence-corrected chi connectivity index (χ4v) is 3.28. The second-order valence-electron chi connectivity index (χ2n) is 6.61. The molecule has 148 valence electrons. The monoisotopic (exact) mass is 401 g/mol. The zero-order chi connectivity index (χ0) is 19.8. The summed E-state index contributed by atoms with van der Waals surface area (Å²) in [4.78, 5) is 26.2. The molecule has 6 nitrogen and oxygen atoms in total. The largest absolute Gasteiger partial charge is 0.371 e. The lowest BCUT2D eigenvalue weighted by Crippen LogP contribution is -2.41. The molecule has 2 aromatic carbocycles. The summed E-state index contributed by atoms with van der Waals surface area (Å²) in [5.74, 6) is -1.38. The zero-order valence-electron chi connectivity index (χ0n) is 15.6. The van der Waals surface area contributed by atoms with Crippen molar-refractivity contribution in [2.45, 2.75) is 12.5 Å². The Bertz CT molecular complexity index is 800. The van der Waals surface area contributed by atoms with Crippen molar-refractivity contribution in [2.24, 2.45) is 0 Å². The third-order valence-electron chi connectivity index (χ3n) is 4.59. The topological polar surface area (TPSA) is 70.7 Å². The van der Waals surface area contributed by atoms with Crippen LogP contribution >= 0.6 is 11.6 Å². The Kier molecular flexibility index (Phi) is 7.42. The minimum atomic E-state index is -0.719. The summed E-state index contributed by atoms with van der Waals surface area (Å²) in [6.07, 6.45) is 0.832. The van der Waals surface area contributed by atoms with Crippen LogP contribution in [0.5, 0.6) is 0 Å². The van der Waals surface area contributed by atoms with Crippen molar-refractivity contribution in [3.63, 3.8) is 0 Å². The van der Waals surface area contributed by atoms with Crippen LogP contribution in [-0.2, 0) is 14.3 Å². The molecule has 1 fully saturated rings. The molecule has 1 heterocycles. The van der Waals surface area contributed by atoms with E-state index < -0.39 is 11.8 Å². The van der Waals surface area contributed by atoms with Gasteiger partial charge in [0.1, 0.15) is 0 Å². The number of anilines is 1. The summed E-state index contributed by atoms with van der Waals surface area (Å²) in [6, 6.07) is 17.0. The maximum absolute atomic E-state index is 12.0. The predicted molar refractivity (Wildman–Crippen MR) is 109 cm³/mol. The number of ether oxygens (including phenoxy) is 1. The zero-order valence-corrected chi connectivity index (χ0v) is 16.3. The van der Waals surface area contributed by atoms with Gasteiger partial charge in [-0.3, -0.25) is 14.5 Å². The number of hydrogen-bond donors (Lipinski definition) is 2. The molecule has 0 bridgehead atoms. The highest BCUT2D eigenvalue weighted by Crippen LogP contribution is 2.22. The van der Waals surface area contributed by atoms with Gasteiger partial charge in [-0.2, -0.15) is 0 Å². The van der Waals surface area contributed by atoms with E-state index in [1.807, 2.05) is 18.2 Å². The van der Waals surface area contributed by atoms with E-state index >= 15 is 0 Å². The smallest absolute Gasteiger partial charge is 0.313 e. The minimum absolute atomic E-state index is 0.0749. The summed E-state index contributed by atoms with van der Waals surface area (Å²) in [5.41, 5.74) is 1.60. The van der Waals surface area contributed by atoms with Gasteiger partial charge in [0.2, 0.25) is 0 Å². The van der Waals surface area contributed by atoms with E-state index in [2.05, 4.69) is 27.7 Å². The molecule has 2 aromatic rings. The number of para-hydroxylation sites is 1. The molecule has 7 heteroatoms. The van der Waals surface area contributed by atoms with Crippen LogP contribution in [0.15, 0.2) is 54.6 Å². The molecular formula is C21H24ClN3O3. The lowest BCUT2D eigenvalue weighted by Gasteiger charge is -2.33.